The summed E-state index contributed by atoms with van der Waals surface area (Å²) in [5.74, 6) is 1.06. The lowest BCUT2D eigenvalue weighted by Crippen LogP contribution is -2.26. The van der Waals surface area contributed by atoms with E-state index in [4.69, 9.17) is 9.72 Å². The van der Waals surface area contributed by atoms with E-state index in [9.17, 15) is 9.59 Å². The Hall–Kier alpha value is -4.13. The summed E-state index contributed by atoms with van der Waals surface area (Å²) in [6.07, 6.45) is 1.03. The molecule has 0 atom stereocenters. The molecule has 0 bridgehead atoms. The molecule has 3 aromatic carbocycles. The number of aromatic nitrogens is 4. The fraction of sp³-hybridized carbons (Fsp3) is 0.276. The maximum atomic E-state index is 13.7. The predicted octanol–water partition coefficient (Wildman–Crippen LogP) is 5.08. The van der Waals surface area contributed by atoms with Crippen LogP contribution in [0.5, 0.6) is 0 Å². The molecule has 0 saturated heterocycles. The van der Waals surface area contributed by atoms with Crippen molar-refractivity contribution in [3.8, 4) is 0 Å². The highest BCUT2D eigenvalue weighted by Crippen LogP contribution is 2.21. The van der Waals surface area contributed by atoms with E-state index in [1.54, 1.807) is 16.7 Å². The SMILES string of the molecule is COC(=O)c1ccc(Cn2c(=O)n(Cc3nc4ccccc4n3CCC(C)C)c3ccccc32)cc1. The van der Waals surface area contributed by atoms with Gasteiger partial charge in [0.25, 0.3) is 0 Å². The highest BCUT2D eigenvalue weighted by Gasteiger charge is 2.18. The first kappa shape index (κ1) is 23.6. The van der Waals surface area contributed by atoms with Gasteiger partial charge in [-0.3, -0.25) is 9.13 Å². The van der Waals surface area contributed by atoms with Crippen LogP contribution in [0.15, 0.2) is 77.6 Å². The Balaban J connectivity index is 1.54. The van der Waals surface area contributed by atoms with Crippen LogP contribution in [0, 0.1) is 5.92 Å². The number of carbonyl (C=O) groups excluding carboxylic acids is 1. The molecule has 0 aliphatic rings. The van der Waals surface area contributed by atoms with E-state index in [0.29, 0.717) is 24.6 Å². The average Bonchev–Trinajstić information content (AvgIpc) is 3.37. The van der Waals surface area contributed by atoms with E-state index in [1.165, 1.54) is 7.11 Å². The number of methoxy groups -OCH3 is 1. The van der Waals surface area contributed by atoms with Gasteiger partial charge in [-0.15, -0.1) is 0 Å². The number of ether oxygens (including phenoxy) is 1. The Labute approximate surface area is 209 Å². The number of benzene rings is 3. The standard InChI is InChI=1S/C29H30N4O3/c1-20(2)16-17-31-24-9-5-4-8-23(24)30-27(31)19-33-26-11-7-6-10-25(26)32(29(33)35)18-21-12-14-22(15-13-21)28(34)36-3/h4-15,20H,16-19H2,1-3H3. The van der Waals surface area contributed by atoms with Gasteiger partial charge in [-0.05, 0) is 54.3 Å². The van der Waals surface area contributed by atoms with Gasteiger partial charge in [0.1, 0.15) is 5.82 Å². The van der Waals surface area contributed by atoms with Gasteiger partial charge in [-0.2, -0.15) is 0 Å². The quantitative estimate of drug-likeness (QED) is 0.289. The van der Waals surface area contributed by atoms with E-state index in [1.807, 2.05) is 59.2 Å². The lowest BCUT2D eigenvalue weighted by Gasteiger charge is -2.11. The summed E-state index contributed by atoms with van der Waals surface area (Å²) in [4.78, 5) is 30.4. The Morgan fingerprint density at radius 2 is 1.44 bits per heavy atom. The molecule has 184 valence electrons. The van der Waals surface area contributed by atoms with Crippen molar-refractivity contribution in [2.45, 2.75) is 39.9 Å². The number of nitrogens with zero attached hydrogens (tertiary/aromatic N) is 4. The van der Waals surface area contributed by atoms with E-state index in [-0.39, 0.29) is 11.7 Å². The minimum atomic E-state index is -0.379. The smallest absolute Gasteiger partial charge is 0.337 e. The predicted molar refractivity (Wildman–Crippen MR) is 141 cm³/mol. The van der Waals surface area contributed by atoms with E-state index < -0.39 is 0 Å². The lowest BCUT2D eigenvalue weighted by atomic mass is 10.1. The Kier molecular flexibility index (Phi) is 6.46. The van der Waals surface area contributed by atoms with Crippen LogP contribution in [0.3, 0.4) is 0 Å². The zero-order valence-electron chi connectivity index (χ0n) is 20.8. The van der Waals surface area contributed by atoms with Gasteiger partial charge < -0.3 is 9.30 Å². The molecule has 0 saturated carbocycles. The van der Waals surface area contributed by atoms with Crippen LogP contribution in [-0.4, -0.2) is 31.8 Å². The number of imidazole rings is 2. The minimum Gasteiger partial charge on any atom is -0.465 e. The number of para-hydroxylation sites is 4. The molecule has 0 unspecified atom stereocenters. The summed E-state index contributed by atoms with van der Waals surface area (Å²) < 4.78 is 10.6. The Bertz CT molecular complexity index is 1590. The number of carbonyl (C=O) groups is 1. The molecule has 7 nitrogen and oxygen atoms in total. The monoisotopic (exact) mass is 482 g/mol. The molecule has 0 aliphatic heterocycles. The zero-order valence-corrected chi connectivity index (χ0v) is 20.8. The number of fused-ring (bicyclic) bond motifs is 2. The van der Waals surface area contributed by atoms with Crippen LogP contribution >= 0.6 is 0 Å². The number of aryl methyl sites for hydroxylation is 1. The van der Waals surface area contributed by atoms with Crippen LogP contribution in [-0.2, 0) is 24.4 Å². The molecule has 2 aromatic heterocycles. The van der Waals surface area contributed by atoms with Crippen molar-refractivity contribution in [2.75, 3.05) is 7.11 Å². The third-order valence-electron chi connectivity index (χ3n) is 6.60. The van der Waals surface area contributed by atoms with Crippen molar-refractivity contribution in [1.29, 1.82) is 0 Å². The highest BCUT2D eigenvalue weighted by molar-refractivity contribution is 5.89. The normalized spacial score (nSPS) is 11.6. The topological polar surface area (TPSA) is 71.1 Å². The third kappa shape index (κ3) is 4.44. The van der Waals surface area contributed by atoms with Crippen LogP contribution in [0.1, 0.15) is 42.0 Å². The van der Waals surface area contributed by atoms with Crippen molar-refractivity contribution >= 4 is 28.0 Å². The summed E-state index contributed by atoms with van der Waals surface area (Å²) in [5, 5.41) is 0. The first-order valence-corrected chi connectivity index (χ1v) is 12.3. The van der Waals surface area contributed by atoms with Crippen LogP contribution in [0.2, 0.25) is 0 Å². The molecule has 0 aliphatic carbocycles. The molecular weight excluding hydrogens is 452 g/mol. The van der Waals surface area contributed by atoms with Crippen LogP contribution in [0.25, 0.3) is 22.1 Å². The van der Waals surface area contributed by atoms with Gasteiger partial charge in [0, 0.05) is 6.54 Å². The molecule has 36 heavy (non-hydrogen) atoms. The average molecular weight is 483 g/mol. The van der Waals surface area contributed by atoms with Crippen molar-refractivity contribution in [1.82, 2.24) is 18.7 Å². The van der Waals surface area contributed by atoms with Gasteiger partial charge in [0.05, 0.1) is 47.8 Å². The fourth-order valence-corrected chi connectivity index (χ4v) is 4.65. The van der Waals surface area contributed by atoms with Gasteiger partial charge in [-0.1, -0.05) is 50.2 Å². The van der Waals surface area contributed by atoms with Crippen LogP contribution < -0.4 is 5.69 Å². The number of hydrogen-bond donors (Lipinski definition) is 0. The zero-order chi connectivity index (χ0) is 25.2. The lowest BCUT2D eigenvalue weighted by molar-refractivity contribution is 0.0600. The molecule has 0 fully saturated rings. The van der Waals surface area contributed by atoms with E-state index in [2.05, 4.69) is 24.5 Å². The van der Waals surface area contributed by atoms with Crippen molar-refractivity contribution in [3.05, 3.63) is 100 Å². The van der Waals surface area contributed by atoms with Gasteiger partial charge in [0.2, 0.25) is 0 Å². The first-order valence-electron chi connectivity index (χ1n) is 12.3. The maximum Gasteiger partial charge on any atom is 0.337 e. The van der Waals surface area contributed by atoms with Crippen molar-refractivity contribution in [3.63, 3.8) is 0 Å². The van der Waals surface area contributed by atoms with E-state index in [0.717, 1.165) is 46.4 Å². The molecule has 7 heteroatoms. The van der Waals surface area contributed by atoms with Gasteiger partial charge >= 0.3 is 11.7 Å². The van der Waals surface area contributed by atoms with Crippen molar-refractivity contribution in [2.24, 2.45) is 5.92 Å². The molecule has 0 amide bonds. The third-order valence-corrected chi connectivity index (χ3v) is 6.60. The number of hydrogen-bond acceptors (Lipinski definition) is 4. The Morgan fingerprint density at radius 1 is 0.833 bits per heavy atom. The second kappa shape index (κ2) is 9.85. The largest absolute Gasteiger partial charge is 0.465 e. The molecule has 5 rings (SSSR count). The molecular formula is C29H30N4O3. The summed E-state index contributed by atoms with van der Waals surface area (Å²) in [5.41, 5.74) is 5.10. The molecule has 5 aromatic rings. The summed E-state index contributed by atoms with van der Waals surface area (Å²) in [6, 6.07) is 23.2. The van der Waals surface area contributed by atoms with Gasteiger partial charge in [0.15, 0.2) is 0 Å². The summed E-state index contributed by atoms with van der Waals surface area (Å²) >= 11 is 0. The number of esters is 1. The molecule has 0 spiro atoms. The van der Waals surface area contributed by atoms with E-state index >= 15 is 0 Å². The summed E-state index contributed by atoms with van der Waals surface area (Å²) in [6.45, 7) is 6.08. The molecule has 2 heterocycles. The highest BCUT2D eigenvalue weighted by atomic mass is 16.5. The fourth-order valence-electron chi connectivity index (χ4n) is 4.65. The second-order valence-corrected chi connectivity index (χ2v) is 9.48. The summed E-state index contributed by atoms with van der Waals surface area (Å²) in [7, 11) is 1.36. The minimum absolute atomic E-state index is 0.0873. The number of rotatable bonds is 8. The van der Waals surface area contributed by atoms with Crippen LogP contribution in [0.4, 0.5) is 0 Å². The first-order chi connectivity index (χ1) is 17.5. The second-order valence-electron chi connectivity index (χ2n) is 9.48. The molecule has 0 N–H and O–H groups in total. The molecule has 0 radical (unpaired) electrons. The van der Waals surface area contributed by atoms with Gasteiger partial charge in [-0.25, -0.2) is 14.6 Å². The maximum absolute atomic E-state index is 13.7. The van der Waals surface area contributed by atoms with Crippen molar-refractivity contribution < 1.29 is 9.53 Å². The Morgan fingerprint density at radius 3 is 2.08 bits per heavy atom.